The summed E-state index contributed by atoms with van der Waals surface area (Å²) in [7, 11) is 1.82. The fraction of sp³-hybridized carbons (Fsp3) is 0.476. The predicted octanol–water partition coefficient (Wildman–Crippen LogP) is 2.08. The van der Waals surface area contributed by atoms with Gasteiger partial charge < -0.3 is 19.7 Å². The number of rotatable bonds is 4. The minimum atomic E-state index is -0.519. The molecule has 0 aliphatic carbocycles. The summed E-state index contributed by atoms with van der Waals surface area (Å²) in [5.74, 6) is 1.08. The summed E-state index contributed by atoms with van der Waals surface area (Å²) in [6.45, 7) is 4.85. The third-order valence-corrected chi connectivity index (χ3v) is 5.66. The van der Waals surface area contributed by atoms with Gasteiger partial charge in [-0.3, -0.25) is 14.3 Å². The van der Waals surface area contributed by atoms with Crippen LogP contribution in [0.25, 0.3) is 0 Å². The monoisotopic (exact) mass is 398 g/mol. The van der Waals surface area contributed by atoms with Crippen molar-refractivity contribution in [1.82, 2.24) is 20.0 Å². The summed E-state index contributed by atoms with van der Waals surface area (Å²) in [5, 5.41) is 7.33. The molecule has 0 saturated carbocycles. The molecule has 1 fully saturated rings. The number of fused-ring (bicyclic) bond motifs is 1. The van der Waals surface area contributed by atoms with E-state index in [9.17, 15) is 9.59 Å². The average Bonchev–Trinajstić information content (AvgIpc) is 3.18. The molecule has 1 aromatic carbocycles. The predicted molar refractivity (Wildman–Crippen MR) is 106 cm³/mol. The first kappa shape index (κ1) is 19.3. The molecule has 0 spiro atoms. The van der Waals surface area contributed by atoms with E-state index in [2.05, 4.69) is 10.4 Å². The molecular weight excluding hydrogens is 372 g/mol. The highest BCUT2D eigenvalue weighted by atomic mass is 16.7. The molecule has 0 radical (unpaired) electrons. The van der Waals surface area contributed by atoms with Crippen LogP contribution in [0.2, 0.25) is 0 Å². The lowest BCUT2D eigenvalue weighted by atomic mass is 10.0. The molecule has 2 amide bonds. The van der Waals surface area contributed by atoms with E-state index in [1.54, 1.807) is 9.58 Å². The summed E-state index contributed by atoms with van der Waals surface area (Å²) in [4.78, 5) is 28.1. The van der Waals surface area contributed by atoms with Gasteiger partial charge >= 0.3 is 0 Å². The zero-order valence-corrected chi connectivity index (χ0v) is 17.0. The molecule has 29 heavy (non-hydrogen) atoms. The number of hydrogen-bond donors (Lipinski definition) is 1. The van der Waals surface area contributed by atoms with Crippen LogP contribution in [0.5, 0.6) is 11.5 Å². The van der Waals surface area contributed by atoms with Crippen LogP contribution >= 0.6 is 0 Å². The number of ether oxygens (including phenoxy) is 2. The van der Waals surface area contributed by atoms with Crippen LogP contribution in [0.1, 0.15) is 46.6 Å². The van der Waals surface area contributed by atoms with Gasteiger partial charge in [-0.15, -0.1) is 0 Å². The molecule has 8 heteroatoms. The third kappa shape index (κ3) is 3.66. The summed E-state index contributed by atoms with van der Waals surface area (Å²) in [5.41, 5.74) is 2.90. The van der Waals surface area contributed by atoms with E-state index in [1.165, 1.54) is 0 Å². The number of aromatic nitrogens is 2. The fourth-order valence-electron chi connectivity index (χ4n) is 4.01. The van der Waals surface area contributed by atoms with E-state index >= 15 is 0 Å². The van der Waals surface area contributed by atoms with Crippen molar-refractivity contribution in [2.45, 2.75) is 45.7 Å². The van der Waals surface area contributed by atoms with Crippen molar-refractivity contribution in [2.24, 2.45) is 7.05 Å². The molecule has 1 aromatic heterocycles. The Balaban J connectivity index is 1.70. The SMILES string of the molecule is Cc1nn(C)c(C)c1C(=O)N(Cc1ccc2c(c1)OCO2)[C@H]1CCCCNC1=O. The van der Waals surface area contributed by atoms with Gasteiger partial charge in [0.15, 0.2) is 11.5 Å². The molecule has 3 heterocycles. The fourth-order valence-corrected chi connectivity index (χ4v) is 4.01. The first-order chi connectivity index (χ1) is 14.0. The number of carbonyl (C=O) groups is 2. The van der Waals surface area contributed by atoms with E-state index in [0.29, 0.717) is 42.3 Å². The van der Waals surface area contributed by atoms with E-state index in [1.807, 2.05) is 39.1 Å². The summed E-state index contributed by atoms with van der Waals surface area (Å²) >= 11 is 0. The first-order valence-corrected chi connectivity index (χ1v) is 9.93. The molecule has 154 valence electrons. The summed E-state index contributed by atoms with van der Waals surface area (Å²) in [6, 6.07) is 5.11. The Morgan fingerprint density at radius 1 is 1.28 bits per heavy atom. The van der Waals surface area contributed by atoms with Crippen molar-refractivity contribution in [3.05, 3.63) is 40.7 Å². The van der Waals surface area contributed by atoms with Crippen molar-refractivity contribution in [2.75, 3.05) is 13.3 Å². The van der Waals surface area contributed by atoms with Gasteiger partial charge in [0, 0.05) is 25.8 Å². The van der Waals surface area contributed by atoms with E-state index in [0.717, 1.165) is 24.1 Å². The van der Waals surface area contributed by atoms with Crippen molar-refractivity contribution in [1.29, 1.82) is 0 Å². The molecule has 2 aromatic rings. The van der Waals surface area contributed by atoms with Crippen LogP contribution in [0.4, 0.5) is 0 Å². The number of nitrogens with zero attached hydrogens (tertiary/aromatic N) is 3. The Labute approximate surface area is 169 Å². The standard InChI is InChI=1S/C21H26N4O4/c1-13-19(14(2)24(3)23-13)21(27)25(16-6-4-5-9-22-20(16)26)11-15-7-8-17-18(10-15)29-12-28-17/h7-8,10,16H,4-6,9,11-12H2,1-3H3,(H,22,26)/t16-/m0/s1. The number of amides is 2. The Bertz CT molecular complexity index is 952. The lowest BCUT2D eigenvalue weighted by Crippen LogP contribution is -2.48. The smallest absolute Gasteiger partial charge is 0.258 e. The first-order valence-electron chi connectivity index (χ1n) is 9.93. The number of hydrogen-bond acceptors (Lipinski definition) is 5. The van der Waals surface area contributed by atoms with E-state index in [-0.39, 0.29) is 18.6 Å². The highest BCUT2D eigenvalue weighted by Gasteiger charge is 2.34. The van der Waals surface area contributed by atoms with E-state index in [4.69, 9.17) is 9.47 Å². The lowest BCUT2D eigenvalue weighted by molar-refractivity contribution is -0.125. The van der Waals surface area contributed by atoms with Crippen molar-refractivity contribution in [3.8, 4) is 11.5 Å². The van der Waals surface area contributed by atoms with Gasteiger partial charge in [-0.1, -0.05) is 6.07 Å². The lowest BCUT2D eigenvalue weighted by Gasteiger charge is -2.30. The molecule has 1 saturated heterocycles. The second-order valence-electron chi connectivity index (χ2n) is 7.59. The Morgan fingerprint density at radius 3 is 2.83 bits per heavy atom. The number of benzene rings is 1. The van der Waals surface area contributed by atoms with Gasteiger partial charge in [0.25, 0.3) is 5.91 Å². The Hall–Kier alpha value is -3.03. The van der Waals surface area contributed by atoms with Crippen LogP contribution in [0, 0.1) is 13.8 Å². The molecule has 0 bridgehead atoms. The Morgan fingerprint density at radius 2 is 2.07 bits per heavy atom. The molecule has 2 aliphatic heterocycles. The van der Waals surface area contributed by atoms with Gasteiger partial charge in [-0.25, -0.2) is 0 Å². The third-order valence-electron chi connectivity index (χ3n) is 5.66. The minimum Gasteiger partial charge on any atom is -0.454 e. The van der Waals surface area contributed by atoms with Crippen LogP contribution in [-0.4, -0.2) is 45.9 Å². The quantitative estimate of drug-likeness (QED) is 0.852. The van der Waals surface area contributed by atoms with Crippen LogP contribution in [0.15, 0.2) is 18.2 Å². The zero-order chi connectivity index (χ0) is 20.5. The van der Waals surface area contributed by atoms with Gasteiger partial charge in [-0.2, -0.15) is 5.10 Å². The van der Waals surface area contributed by atoms with Gasteiger partial charge in [-0.05, 0) is 50.8 Å². The molecule has 1 atom stereocenters. The molecular formula is C21H26N4O4. The van der Waals surface area contributed by atoms with Crippen molar-refractivity contribution >= 4 is 11.8 Å². The Kier molecular flexibility index (Phi) is 5.17. The van der Waals surface area contributed by atoms with Gasteiger partial charge in [0.05, 0.1) is 11.3 Å². The van der Waals surface area contributed by atoms with Gasteiger partial charge in [0.1, 0.15) is 6.04 Å². The normalized spacial score (nSPS) is 18.3. The van der Waals surface area contributed by atoms with E-state index < -0.39 is 6.04 Å². The van der Waals surface area contributed by atoms with Crippen molar-refractivity contribution < 1.29 is 19.1 Å². The highest BCUT2D eigenvalue weighted by molar-refractivity contribution is 5.99. The van der Waals surface area contributed by atoms with Crippen LogP contribution < -0.4 is 14.8 Å². The summed E-state index contributed by atoms with van der Waals surface area (Å²) in [6.07, 6.45) is 2.44. The zero-order valence-electron chi connectivity index (χ0n) is 17.0. The van der Waals surface area contributed by atoms with Crippen LogP contribution in [-0.2, 0) is 18.4 Å². The average molecular weight is 398 g/mol. The maximum Gasteiger partial charge on any atom is 0.258 e. The molecule has 8 nitrogen and oxygen atoms in total. The van der Waals surface area contributed by atoms with Crippen LogP contribution in [0.3, 0.4) is 0 Å². The number of carbonyl (C=O) groups excluding carboxylic acids is 2. The summed E-state index contributed by atoms with van der Waals surface area (Å²) < 4.78 is 12.6. The topological polar surface area (TPSA) is 85.7 Å². The second kappa shape index (κ2) is 7.77. The largest absolute Gasteiger partial charge is 0.454 e. The molecule has 2 aliphatic rings. The molecule has 1 N–H and O–H groups in total. The van der Waals surface area contributed by atoms with Crippen molar-refractivity contribution in [3.63, 3.8) is 0 Å². The maximum absolute atomic E-state index is 13.6. The number of aryl methyl sites for hydroxylation is 2. The highest BCUT2D eigenvalue weighted by Crippen LogP contribution is 2.33. The van der Waals surface area contributed by atoms with Gasteiger partial charge in [0.2, 0.25) is 12.7 Å². The second-order valence-corrected chi connectivity index (χ2v) is 7.59. The molecule has 4 rings (SSSR count). The maximum atomic E-state index is 13.6. The number of nitrogens with one attached hydrogen (secondary N) is 1. The molecule has 0 unspecified atom stereocenters. The minimum absolute atomic E-state index is 0.101.